The molecule has 4 rings (SSSR count). The highest BCUT2D eigenvalue weighted by Gasteiger charge is 2.33. The Balaban J connectivity index is 2.33. The first kappa shape index (κ1) is 48.0. The second-order valence-corrected chi connectivity index (χ2v) is 23.7. The highest BCUT2D eigenvalue weighted by Crippen LogP contribution is 2.49. The van der Waals surface area contributed by atoms with Crippen molar-refractivity contribution in [3.05, 3.63) is 109 Å². The van der Waals surface area contributed by atoms with Gasteiger partial charge in [-0.2, -0.15) is 0 Å². The Morgan fingerprint density at radius 2 is 0.627 bits per heavy atom. The number of hydrogen-bond donors (Lipinski definition) is 3. The van der Waals surface area contributed by atoms with Crippen molar-refractivity contribution in [2.45, 2.75) is 210 Å². The molecule has 0 saturated heterocycles. The summed E-state index contributed by atoms with van der Waals surface area (Å²) in [7, 11) is 0. The molecule has 0 aromatic heterocycles. The van der Waals surface area contributed by atoms with Gasteiger partial charge >= 0.3 is 0 Å². The van der Waals surface area contributed by atoms with E-state index < -0.39 is 0 Å². The number of hydrogen-bond acceptors (Lipinski definition) is 3. The lowest BCUT2D eigenvalue weighted by atomic mass is 9.73. The van der Waals surface area contributed by atoms with E-state index in [0.717, 1.165) is 58.2 Å². The SMILES string of the molecule is CCc1c(Cc2cc(C(C)(C)C)cc(C(C)(C)C)c2O)c(CC)c(-c2cc(C(C)(C)C)cc(C(C)(C)C)c2O)c(CC)c1Cc1cc(C(C)(C)C)cc(C(C)(C)C)c1O. The summed E-state index contributed by atoms with van der Waals surface area (Å²) in [6.07, 6.45) is 3.44. The van der Waals surface area contributed by atoms with Crippen LogP contribution >= 0.6 is 0 Å². The zero-order chi connectivity index (χ0) is 45.2. The van der Waals surface area contributed by atoms with Crippen LogP contribution in [-0.2, 0) is 64.6 Å². The average Bonchev–Trinajstić information content (AvgIpc) is 3.06. The molecule has 3 heteroatoms. The molecule has 4 aromatic carbocycles. The Kier molecular flexibility index (Phi) is 13.2. The Labute approximate surface area is 361 Å². The number of phenols is 3. The highest BCUT2D eigenvalue weighted by molar-refractivity contribution is 5.82. The van der Waals surface area contributed by atoms with Crippen molar-refractivity contribution < 1.29 is 15.3 Å². The lowest BCUT2D eigenvalue weighted by Crippen LogP contribution is -2.19. The van der Waals surface area contributed by atoms with Gasteiger partial charge in [-0.15, -0.1) is 0 Å². The predicted octanol–water partition coefficient (Wildman–Crippen LogP) is 15.1. The van der Waals surface area contributed by atoms with Gasteiger partial charge in [-0.05, 0) is 130 Å². The van der Waals surface area contributed by atoms with Gasteiger partial charge in [0.2, 0.25) is 0 Å². The Morgan fingerprint density at radius 3 is 0.898 bits per heavy atom. The van der Waals surface area contributed by atoms with Crippen LogP contribution in [0.5, 0.6) is 17.2 Å². The highest BCUT2D eigenvalue weighted by atomic mass is 16.3. The third-order valence-corrected chi connectivity index (χ3v) is 12.6. The van der Waals surface area contributed by atoms with Crippen molar-refractivity contribution in [3.8, 4) is 28.4 Å². The monoisotopic (exact) mass is 803 g/mol. The Bertz CT molecular complexity index is 2070. The number of aromatic hydroxyl groups is 3. The molecule has 0 amide bonds. The molecule has 0 aliphatic carbocycles. The van der Waals surface area contributed by atoms with E-state index in [-0.39, 0.29) is 32.5 Å². The topological polar surface area (TPSA) is 60.7 Å². The smallest absolute Gasteiger partial charge is 0.127 e. The summed E-state index contributed by atoms with van der Waals surface area (Å²) in [6.45, 7) is 46.7. The lowest BCUT2D eigenvalue weighted by molar-refractivity contribution is 0.438. The van der Waals surface area contributed by atoms with E-state index in [9.17, 15) is 15.3 Å². The maximum Gasteiger partial charge on any atom is 0.127 e. The molecule has 0 atom stereocenters. The molecule has 0 aliphatic heterocycles. The summed E-state index contributed by atoms with van der Waals surface area (Å²) in [5.74, 6) is 1.08. The minimum Gasteiger partial charge on any atom is -0.507 e. The first-order chi connectivity index (χ1) is 26.7. The molecular weight excluding hydrogens is 721 g/mol. The van der Waals surface area contributed by atoms with Crippen LogP contribution in [0.15, 0.2) is 36.4 Å². The van der Waals surface area contributed by atoms with E-state index in [1.807, 2.05) is 0 Å². The Hall–Kier alpha value is -3.72. The average molecular weight is 803 g/mol. The van der Waals surface area contributed by atoms with Gasteiger partial charge in [0, 0.05) is 24.0 Å². The molecule has 324 valence electrons. The van der Waals surface area contributed by atoms with Crippen molar-refractivity contribution in [1.82, 2.24) is 0 Å². The van der Waals surface area contributed by atoms with Crippen LogP contribution in [0.2, 0.25) is 0 Å². The van der Waals surface area contributed by atoms with E-state index in [1.165, 1.54) is 44.5 Å². The first-order valence-corrected chi connectivity index (χ1v) is 22.5. The minimum atomic E-state index is -0.293. The van der Waals surface area contributed by atoms with Crippen LogP contribution in [0.4, 0.5) is 0 Å². The molecule has 3 nitrogen and oxygen atoms in total. The first-order valence-electron chi connectivity index (χ1n) is 22.5. The largest absolute Gasteiger partial charge is 0.507 e. The number of rotatable bonds is 8. The van der Waals surface area contributed by atoms with E-state index in [4.69, 9.17) is 0 Å². The summed E-state index contributed by atoms with van der Waals surface area (Å²) in [6, 6.07) is 13.4. The van der Waals surface area contributed by atoms with Crippen molar-refractivity contribution in [2.75, 3.05) is 0 Å². The molecule has 0 unspecified atom stereocenters. The molecule has 4 aromatic rings. The molecule has 0 aliphatic rings. The van der Waals surface area contributed by atoms with Gasteiger partial charge < -0.3 is 15.3 Å². The fourth-order valence-electron chi connectivity index (χ4n) is 8.87. The standard InChI is InChI=1S/C56H82O3/c1-22-38-41(27-33-25-35(51(4,5)6)30-44(48(33)57)54(13,14)15)39(23-2)47(43-29-37(53(10,11)12)32-46(50(43)59)56(19,20)21)40(24-3)42(38)28-34-26-36(52(7,8)9)31-45(49(34)58)55(16,17)18/h25-26,29-32,57-59H,22-24,27-28H2,1-21H3. The van der Waals surface area contributed by atoms with Gasteiger partial charge in [-0.1, -0.05) is 176 Å². The van der Waals surface area contributed by atoms with Gasteiger partial charge in [-0.3, -0.25) is 0 Å². The summed E-state index contributed by atoms with van der Waals surface area (Å²) >= 11 is 0. The molecule has 0 radical (unpaired) electrons. The summed E-state index contributed by atoms with van der Waals surface area (Å²) < 4.78 is 0. The molecule has 0 heterocycles. The second kappa shape index (κ2) is 16.3. The lowest BCUT2D eigenvalue weighted by Gasteiger charge is -2.32. The minimum absolute atomic E-state index is 0.116. The van der Waals surface area contributed by atoms with Crippen LogP contribution in [0.1, 0.15) is 218 Å². The zero-order valence-electron chi connectivity index (χ0n) is 41.3. The third kappa shape index (κ3) is 9.92. The van der Waals surface area contributed by atoms with Crippen LogP contribution in [-0.4, -0.2) is 15.3 Å². The van der Waals surface area contributed by atoms with Crippen molar-refractivity contribution in [3.63, 3.8) is 0 Å². The molecule has 0 fully saturated rings. The van der Waals surface area contributed by atoms with Crippen LogP contribution in [0.25, 0.3) is 11.1 Å². The zero-order valence-corrected chi connectivity index (χ0v) is 41.3. The summed E-state index contributed by atoms with van der Waals surface area (Å²) in [5, 5.41) is 37.1. The maximum atomic E-state index is 12.6. The van der Waals surface area contributed by atoms with Crippen LogP contribution < -0.4 is 0 Å². The van der Waals surface area contributed by atoms with Crippen molar-refractivity contribution >= 4 is 0 Å². The van der Waals surface area contributed by atoms with Gasteiger partial charge in [-0.25, -0.2) is 0 Å². The summed E-state index contributed by atoms with van der Waals surface area (Å²) in [4.78, 5) is 0. The second-order valence-electron chi connectivity index (χ2n) is 23.7. The van der Waals surface area contributed by atoms with Gasteiger partial charge in [0.25, 0.3) is 0 Å². The molecule has 0 saturated carbocycles. The molecule has 0 spiro atoms. The Morgan fingerprint density at radius 1 is 0.339 bits per heavy atom. The molecular formula is C56H82O3. The molecule has 0 bridgehead atoms. The maximum absolute atomic E-state index is 12.6. The van der Waals surface area contributed by atoms with E-state index in [1.54, 1.807) is 0 Å². The number of benzene rings is 4. The third-order valence-electron chi connectivity index (χ3n) is 12.6. The van der Waals surface area contributed by atoms with Crippen LogP contribution in [0.3, 0.4) is 0 Å². The molecule has 3 N–H and O–H groups in total. The van der Waals surface area contributed by atoms with Gasteiger partial charge in [0.1, 0.15) is 17.2 Å². The van der Waals surface area contributed by atoms with Crippen molar-refractivity contribution in [2.24, 2.45) is 0 Å². The molecule has 59 heavy (non-hydrogen) atoms. The normalized spacial score (nSPS) is 13.4. The predicted molar refractivity (Wildman–Crippen MR) is 256 cm³/mol. The van der Waals surface area contributed by atoms with E-state index >= 15 is 0 Å². The quantitative estimate of drug-likeness (QED) is 0.166. The van der Waals surface area contributed by atoms with Gasteiger partial charge in [0.15, 0.2) is 0 Å². The van der Waals surface area contributed by atoms with E-state index in [2.05, 4.69) is 182 Å². The number of phenolic OH excluding ortho intramolecular Hbond substituents is 3. The fourth-order valence-corrected chi connectivity index (χ4v) is 8.87. The van der Waals surface area contributed by atoms with E-state index in [0.29, 0.717) is 30.1 Å². The van der Waals surface area contributed by atoms with Crippen LogP contribution in [0, 0.1) is 0 Å². The van der Waals surface area contributed by atoms with Crippen molar-refractivity contribution in [1.29, 1.82) is 0 Å². The fraction of sp³-hybridized carbons (Fsp3) is 0.571. The summed E-state index contributed by atoms with van der Waals surface area (Å²) in [5.41, 5.74) is 15.3. The van der Waals surface area contributed by atoms with Gasteiger partial charge in [0.05, 0.1) is 0 Å².